The molecule has 0 bridgehead atoms. The second-order valence-corrected chi connectivity index (χ2v) is 12.5. The number of hydrogen-bond acceptors (Lipinski definition) is 0. The highest BCUT2D eigenvalue weighted by Gasteiger charge is 2.21. The predicted octanol–water partition coefficient (Wildman–Crippen LogP) is 12.4. The molecule has 0 atom stereocenters. The van der Waals surface area contributed by atoms with Crippen LogP contribution in [-0.4, -0.2) is 9.13 Å². The first-order chi connectivity index (χ1) is 23.8. The van der Waals surface area contributed by atoms with E-state index in [1.807, 2.05) is 0 Å². The van der Waals surface area contributed by atoms with Crippen LogP contribution in [0.15, 0.2) is 182 Å². The van der Waals surface area contributed by atoms with Crippen molar-refractivity contribution in [1.82, 2.24) is 9.13 Å². The first-order valence-electron chi connectivity index (χ1n) is 16.5. The molecule has 0 unspecified atom stereocenters. The van der Waals surface area contributed by atoms with Crippen LogP contribution in [0, 0.1) is 0 Å². The summed E-state index contributed by atoms with van der Waals surface area (Å²) in [4.78, 5) is 0. The van der Waals surface area contributed by atoms with E-state index in [-0.39, 0.29) is 0 Å². The van der Waals surface area contributed by atoms with Crippen molar-refractivity contribution in [3.8, 4) is 33.6 Å². The number of hydrogen-bond donors (Lipinski definition) is 0. The Morgan fingerprint density at radius 1 is 0.292 bits per heavy atom. The molecule has 2 aromatic heterocycles. The van der Waals surface area contributed by atoms with Crippen LogP contribution in [0.5, 0.6) is 0 Å². The Morgan fingerprint density at radius 2 is 0.812 bits per heavy atom. The minimum absolute atomic E-state index is 1.16. The molecule has 0 radical (unpaired) electrons. The maximum atomic E-state index is 2.47. The summed E-state index contributed by atoms with van der Waals surface area (Å²) in [7, 11) is 0. The fourth-order valence-corrected chi connectivity index (χ4v) is 7.85. The molecule has 0 aliphatic rings. The summed E-state index contributed by atoms with van der Waals surface area (Å²) in [6.45, 7) is 0. The number of para-hydroxylation sites is 3. The average Bonchev–Trinajstić information content (AvgIpc) is 3.68. The quantitative estimate of drug-likeness (QED) is 0.188. The van der Waals surface area contributed by atoms with E-state index in [1.54, 1.807) is 0 Å². The van der Waals surface area contributed by atoms with Crippen LogP contribution in [0.3, 0.4) is 0 Å². The molecule has 224 valence electrons. The fraction of sp³-hybridized carbons (Fsp3) is 0. The van der Waals surface area contributed by atoms with E-state index in [1.165, 1.54) is 82.3 Å². The number of benzene rings is 8. The largest absolute Gasteiger partial charge is 0.309 e. The van der Waals surface area contributed by atoms with Crippen LogP contribution in [0.25, 0.3) is 88.0 Å². The number of fused-ring (bicyclic) bond motifs is 8. The van der Waals surface area contributed by atoms with Crippen molar-refractivity contribution in [2.45, 2.75) is 0 Å². The van der Waals surface area contributed by atoms with Gasteiger partial charge in [-0.25, -0.2) is 0 Å². The molecule has 2 heteroatoms. The van der Waals surface area contributed by atoms with Gasteiger partial charge >= 0.3 is 0 Å². The lowest BCUT2D eigenvalue weighted by Crippen LogP contribution is -1.97. The van der Waals surface area contributed by atoms with Crippen LogP contribution < -0.4 is 0 Å². The van der Waals surface area contributed by atoms with Crippen molar-refractivity contribution >= 4 is 54.4 Å². The van der Waals surface area contributed by atoms with Gasteiger partial charge in [0.25, 0.3) is 0 Å². The van der Waals surface area contributed by atoms with Crippen LogP contribution in [0.4, 0.5) is 0 Å². The summed E-state index contributed by atoms with van der Waals surface area (Å²) in [5.41, 5.74) is 12.1. The Balaban J connectivity index is 1.27. The van der Waals surface area contributed by atoms with Gasteiger partial charge < -0.3 is 9.13 Å². The van der Waals surface area contributed by atoms with E-state index < -0.39 is 0 Å². The van der Waals surface area contributed by atoms with E-state index in [2.05, 4.69) is 191 Å². The molecule has 0 saturated heterocycles. The number of rotatable bonds is 4. The molecule has 10 rings (SSSR count). The van der Waals surface area contributed by atoms with Crippen LogP contribution in [-0.2, 0) is 0 Å². The molecule has 0 N–H and O–H groups in total. The van der Waals surface area contributed by atoms with E-state index in [9.17, 15) is 0 Å². The number of nitrogens with zero attached hydrogens (tertiary/aromatic N) is 2. The van der Waals surface area contributed by atoms with Gasteiger partial charge in [-0.15, -0.1) is 0 Å². The van der Waals surface area contributed by atoms with Gasteiger partial charge in [-0.2, -0.15) is 0 Å². The van der Waals surface area contributed by atoms with Gasteiger partial charge in [0.15, 0.2) is 0 Å². The van der Waals surface area contributed by atoms with Gasteiger partial charge in [-0.3, -0.25) is 0 Å². The van der Waals surface area contributed by atoms with Crippen LogP contribution in [0.1, 0.15) is 0 Å². The fourth-order valence-electron chi connectivity index (χ4n) is 7.85. The molecule has 8 aromatic carbocycles. The molecule has 0 spiro atoms. The van der Waals surface area contributed by atoms with Crippen LogP contribution in [0.2, 0.25) is 0 Å². The third-order valence-corrected chi connectivity index (χ3v) is 9.93. The molecule has 10 aromatic rings. The molecule has 48 heavy (non-hydrogen) atoms. The third kappa shape index (κ3) is 3.93. The molecular weight excluding hydrogens is 581 g/mol. The maximum absolute atomic E-state index is 2.47. The van der Waals surface area contributed by atoms with Gasteiger partial charge in [-0.1, -0.05) is 140 Å². The van der Waals surface area contributed by atoms with E-state index >= 15 is 0 Å². The van der Waals surface area contributed by atoms with Gasteiger partial charge in [-0.05, 0) is 69.9 Å². The summed E-state index contributed by atoms with van der Waals surface area (Å²) < 4.78 is 4.90. The zero-order chi connectivity index (χ0) is 31.6. The summed E-state index contributed by atoms with van der Waals surface area (Å²) in [5, 5.41) is 7.60. The summed E-state index contributed by atoms with van der Waals surface area (Å²) in [5.74, 6) is 0. The normalized spacial score (nSPS) is 11.8. The topological polar surface area (TPSA) is 9.86 Å². The molecule has 2 nitrogen and oxygen atoms in total. The highest BCUT2D eigenvalue weighted by Crippen LogP contribution is 2.44. The molecule has 2 heterocycles. The average molecular weight is 611 g/mol. The maximum Gasteiger partial charge on any atom is 0.0549 e. The first kappa shape index (κ1) is 26.8. The smallest absolute Gasteiger partial charge is 0.0549 e. The highest BCUT2D eigenvalue weighted by molar-refractivity contribution is 6.29. The molecular formula is C46H30N2. The Labute approximate surface area is 278 Å². The van der Waals surface area contributed by atoms with Gasteiger partial charge in [0.1, 0.15) is 0 Å². The lowest BCUT2D eigenvalue weighted by atomic mass is 9.97. The first-order valence-corrected chi connectivity index (χ1v) is 16.5. The van der Waals surface area contributed by atoms with Crippen molar-refractivity contribution in [2.75, 3.05) is 0 Å². The standard InChI is InChI=1S/C46H30N2/c1-2-13-31(14-3-1)32-25-27-34(28-26-32)47-41-23-10-7-19-38(41)45-43(47)29-30-44-46(45)39-20-8-11-24-42(39)48(44)40-22-9-6-18-37(40)36-21-12-16-33-15-4-5-17-35(33)36/h1-30H. The summed E-state index contributed by atoms with van der Waals surface area (Å²) >= 11 is 0. The Hall–Kier alpha value is -6.38. The minimum atomic E-state index is 1.16. The van der Waals surface area contributed by atoms with E-state index in [0.29, 0.717) is 0 Å². The second-order valence-electron chi connectivity index (χ2n) is 12.5. The monoisotopic (exact) mass is 610 g/mol. The van der Waals surface area contributed by atoms with Gasteiger partial charge in [0, 0.05) is 32.8 Å². The second kappa shape index (κ2) is 10.6. The lowest BCUT2D eigenvalue weighted by molar-refractivity contribution is 1.17. The minimum Gasteiger partial charge on any atom is -0.309 e. The van der Waals surface area contributed by atoms with Crippen LogP contribution >= 0.6 is 0 Å². The van der Waals surface area contributed by atoms with Crippen molar-refractivity contribution in [2.24, 2.45) is 0 Å². The zero-order valence-electron chi connectivity index (χ0n) is 26.2. The molecule has 0 aliphatic carbocycles. The number of aromatic nitrogens is 2. The predicted molar refractivity (Wildman–Crippen MR) is 203 cm³/mol. The Bertz CT molecular complexity index is 2810. The third-order valence-electron chi connectivity index (χ3n) is 9.93. The van der Waals surface area contributed by atoms with E-state index in [0.717, 1.165) is 5.69 Å². The Kier molecular flexibility index (Phi) is 5.91. The molecule has 0 amide bonds. The molecule has 0 fully saturated rings. The summed E-state index contributed by atoms with van der Waals surface area (Å²) in [6.07, 6.45) is 0. The molecule has 0 aliphatic heterocycles. The van der Waals surface area contributed by atoms with Gasteiger partial charge in [0.05, 0.1) is 27.8 Å². The Morgan fingerprint density at radius 3 is 1.56 bits per heavy atom. The van der Waals surface area contributed by atoms with E-state index in [4.69, 9.17) is 0 Å². The van der Waals surface area contributed by atoms with Crippen molar-refractivity contribution in [3.05, 3.63) is 182 Å². The zero-order valence-corrected chi connectivity index (χ0v) is 26.2. The highest BCUT2D eigenvalue weighted by atomic mass is 15.0. The molecule has 0 saturated carbocycles. The summed E-state index contributed by atoms with van der Waals surface area (Å²) in [6, 6.07) is 66.1. The lowest BCUT2D eigenvalue weighted by Gasteiger charge is -2.15. The van der Waals surface area contributed by atoms with Crippen molar-refractivity contribution in [1.29, 1.82) is 0 Å². The SMILES string of the molecule is c1ccc(-c2ccc(-n3c4ccccc4c4c5c6ccccc6n(-c6ccccc6-c6cccc7ccccc67)c5ccc43)cc2)cc1. The van der Waals surface area contributed by atoms with Gasteiger partial charge in [0.2, 0.25) is 0 Å². The van der Waals surface area contributed by atoms with Crippen molar-refractivity contribution in [3.63, 3.8) is 0 Å². The van der Waals surface area contributed by atoms with Crippen molar-refractivity contribution < 1.29 is 0 Å².